The molecule has 0 saturated carbocycles. The van der Waals surface area contributed by atoms with E-state index >= 15 is 0 Å². The Labute approximate surface area is 137 Å². The number of nitrogens with one attached hydrogen (secondary N) is 1. The Bertz CT molecular complexity index is 805. The van der Waals surface area contributed by atoms with Gasteiger partial charge in [-0.15, -0.1) is 0 Å². The second-order valence-corrected chi connectivity index (χ2v) is 5.00. The van der Waals surface area contributed by atoms with E-state index in [9.17, 15) is 14.9 Å². The van der Waals surface area contributed by atoms with Gasteiger partial charge in [0.1, 0.15) is 12.3 Å². The number of benzene rings is 2. The van der Waals surface area contributed by atoms with Crippen LogP contribution in [0, 0.1) is 10.1 Å². The molecule has 1 N–H and O–H groups in total. The first-order valence-corrected chi connectivity index (χ1v) is 7.10. The van der Waals surface area contributed by atoms with Crippen molar-refractivity contribution in [1.29, 1.82) is 0 Å². The molecule has 8 heteroatoms. The summed E-state index contributed by atoms with van der Waals surface area (Å²) in [5.41, 5.74) is 0.984. The quantitative estimate of drug-likeness (QED) is 0.511. The average Bonchev–Trinajstić information content (AvgIpc) is 3.06. The maximum atomic E-state index is 12.1. The fourth-order valence-corrected chi connectivity index (χ4v) is 2.28. The van der Waals surface area contributed by atoms with Gasteiger partial charge in [0.2, 0.25) is 6.79 Å². The number of carbonyl (C=O) groups excluding carboxylic acids is 1. The average molecular weight is 330 g/mol. The lowest BCUT2D eigenvalue weighted by atomic mass is 10.1. The number of anilines is 1. The molecule has 0 amide bonds. The zero-order valence-corrected chi connectivity index (χ0v) is 12.8. The number of hydrogen-bond donors (Lipinski definition) is 1. The molecule has 1 aliphatic heterocycles. The number of rotatable bonds is 5. The van der Waals surface area contributed by atoms with Gasteiger partial charge in [0.15, 0.2) is 11.5 Å². The summed E-state index contributed by atoms with van der Waals surface area (Å²) < 4.78 is 15.7. The molecular formula is C16H14N2O6. The number of nitrogens with zero attached hydrogens (tertiary/aromatic N) is 1. The number of hydrogen-bond acceptors (Lipinski definition) is 7. The van der Waals surface area contributed by atoms with Crippen LogP contribution in [0.5, 0.6) is 11.5 Å². The molecule has 8 nitrogen and oxygen atoms in total. The predicted octanol–water partition coefficient (Wildman–Crippen LogP) is 2.72. The zero-order chi connectivity index (χ0) is 17.1. The van der Waals surface area contributed by atoms with Crippen molar-refractivity contribution < 1.29 is 23.9 Å². The van der Waals surface area contributed by atoms with Gasteiger partial charge in [-0.1, -0.05) is 6.07 Å². The van der Waals surface area contributed by atoms with Gasteiger partial charge in [0.05, 0.1) is 10.5 Å². The number of carbonyl (C=O) groups is 1. The first kappa shape index (κ1) is 15.6. The molecule has 24 heavy (non-hydrogen) atoms. The third-order valence-electron chi connectivity index (χ3n) is 3.51. The first-order chi connectivity index (χ1) is 11.6. The molecular weight excluding hydrogens is 316 g/mol. The molecule has 0 fully saturated rings. The van der Waals surface area contributed by atoms with Gasteiger partial charge < -0.3 is 19.5 Å². The van der Waals surface area contributed by atoms with Crippen molar-refractivity contribution in [3.8, 4) is 11.5 Å². The lowest BCUT2D eigenvalue weighted by Gasteiger charge is -2.07. The minimum atomic E-state index is -0.640. The predicted molar refractivity (Wildman–Crippen MR) is 84.3 cm³/mol. The van der Waals surface area contributed by atoms with E-state index in [1.165, 1.54) is 18.2 Å². The van der Waals surface area contributed by atoms with Gasteiger partial charge in [-0.05, 0) is 29.8 Å². The Hall–Kier alpha value is -3.29. The highest BCUT2D eigenvalue weighted by Crippen LogP contribution is 2.32. The van der Waals surface area contributed by atoms with Crippen LogP contribution in [-0.4, -0.2) is 24.7 Å². The normalized spacial score (nSPS) is 11.9. The number of esters is 1. The Kier molecular flexibility index (Phi) is 4.19. The standard InChI is InChI=1S/C16H14N2O6/c1-17-12-4-3-11(7-13(12)18(20)21)16(19)22-8-10-2-5-14-15(6-10)24-9-23-14/h2-7,17H,8-9H2,1H3. The number of nitro benzene ring substituents is 1. The van der Waals surface area contributed by atoms with E-state index in [0.29, 0.717) is 17.2 Å². The van der Waals surface area contributed by atoms with Crippen LogP contribution in [-0.2, 0) is 11.3 Å². The molecule has 0 aliphatic carbocycles. The van der Waals surface area contributed by atoms with Gasteiger partial charge in [-0.2, -0.15) is 0 Å². The van der Waals surface area contributed by atoms with E-state index in [0.717, 1.165) is 5.56 Å². The Morgan fingerprint density at radius 2 is 2.04 bits per heavy atom. The van der Waals surface area contributed by atoms with Gasteiger partial charge in [0, 0.05) is 13.1 Å². The summed E-state index contributed by atoms with van der Waals surface area (Å²) in [5.74, 6) is 0.597. The summed E-state index contributed by atoms with van der Waals surface area (Å²) in [5, 5.41) is 13.7. The molecule has 0 unspecified atom stereocenters. The van der Waals surface area contributed by atoms with Crippen LogP contribution < -0.4 is 14.8 Å². The van der Waals surface area contributed by atoms with E-state index < -0.39 is 10.9 Å². The third kappa shape index (κ3) is 3.07. The number of ether oxygens (including phenoxy) is 3. The fraction of sp³-hybridized carbons (Fsp3) is 0.188. The lowest BCUT2D eigenvalue weighted by Crippen LogP contribution is -2.07. The summed E-state index contributed by atoms with van der Waals surface area (Å²) >= 11 is 0. The second-order valence-electron chi connectivity index (χ2n) is 5.00. The molecule has 0 aromatic heterocycles. The molecule has 0 saturated heterocycles. The first-order valence-electron chi connectivity index (χ1n) is 7.10. The summed E-state index contributed by atoms with van der Waals surface area (Å²) in [6.07, 6.45) is 0. The van der Waals surface area contributed by atoms with E-state index in [2.05, 4.69) is 5.32 Å². The van der Waals surface area contributed by atoms with E-state index in [4.69, 9.17) is 14.2 Å². The minimum absolute atomic E-state index is 0.0249. The molecule has 1 aliphatic rings. The van der Waals surface area contributed by atoms with Crippen molar-refractivity contribution in [2.45, 2.75) is 6.61 Å². The summed E-state index contributed by atoms with van der Waals surface area (Å²) in [6.45, 7) is 0.192. The van der Waals surface area contributed by atoms with Crippen molar-refractivity contribution in [2.75, 3.05) is 19.2 Å². The van der Waals surface area contributed by atoms with Crippen molar-refractivity contribution in [2.24, 2.45) is 0 Å². The van der Waals surface area contributed by atoms with Gasteiger partial charge in [-0.25, -0.2) is 4.79 Å². The van der Waals surface area contributed by atoms with Crippen LogP contribution in [0.15, 0.2) is 36.4 Å². The summed E-state index contributed by atoms with van der Waals surface area (Å²) in [4.78, 5) is 22.6. The van der Waals surface area contributed by atoms with Crippen molar-refractivity contribution in [3.63, 3.8) is 0 Å². The van der Waals surface area contributed by atoms with Crippen molar-refractivity contribution >= 4 is 17.3 Å². The maximum absolute atomic E-state index is 12.1. The molecule has 0 spiro atoms. The third-order valence-corrected chi connectivity index (χ3v) is 3.51. The summed E-state index contributed by atoms with van der Waals surface area (Å²) in [6, 6.07) is 9.34. The molecule has 2 aromatic rings. The van der Waals surface area contributed by atoms with Crippen LogP contribution in [0.2, 0.25) is 0 Å². The maximum Gasteiger partial charge on any atom is 0.338 e. The highest BCUT2D eigenvalue weighted by molar-refractivity contribution is 5.91. The van der Waals surface area contributed by atoms with Crippen LogP contribution >= 0.6 is 0 Å². The monoisotopic (exact) mass is 330 g/mol. The highest BCUT2D eigenvalue weighted by Gasteiger charge is 2.18. The van der Waals surface area contributed by atoms with Gasteiger partial charge in [0.25, 0.3) is 5.69 Å². The van der Waals surface area contributed by atoms with Crippen molar-refractivity contribution in [3.05, 3.63) is 57.6 Å². The molecule has 1 heterocycles. The molecule has 124 valence electrons. The fourth-order valence-electron chi connectivity index (χ4n) is 2.28. The van der Waals surface area contributed by atoms with Crippen LogP contribution in [0.25, 0.3) is 0 Å². The number of nitro groups is 1. The van der Waals surface area contributed by atoms with Gasteiger partial charge >= 0.3 is 5.97 Å². The molecule has 0 atom stereocenters. The molecule has 2 aromatic carbocycles. The van der Waals surface area contributed by atoms with Crippen LogP contribution in [0.1, 0.15) is 15.9 Å². The van der Waals surface area contributed by atoms with E-state index in [1.54, 1.807) is 25.2 Å². The summed E-state index contributed by atoms with van der Waals surface area (Å²) in [7, 11) is 1.57. The Morgan fingerprint density at radius 3 is 2.79 bits per heavy atom. The SMILES string of the molecule is CNc1ccc(C(=O)OCc2ccc3c(c2)OCO3)cc1[N+](=O)[O-]. The van der Waals surface area contributed by atoms with E-state index in [-0.39, 0.29) is 24.7 Å². The zero-order valence-electron chi connectivity index (χ0n) is 12.8. The minimum Gasteiger partial charge on any atom is -0.457 e. The van der Waals surface area contributed by atoms with Crippen LogP contribution in [0.3, 0.4) is 0 Å². The molecule has 3 rings (SSSR count). The topological polar surface area (TPSA) is 99.9 Å². The van der Waals surface area contributed by atoms with Crippen LogP contribution in [0.4, 0.5) is 11.4 Å². The highest BCUT2D eigenvalue weighted by atomic mass is 16.7. The smallest absolute Gasteiger partial charge is 0.338 e. The lowest BCUT2D eigenvalue weighted by molar-refractivity contribution is -0.384. The van der Waals surface area contributed by atoms with Gasteiger partial charge in [-0.3, -0.25) is 10.1 Å². The van der Waals surface area contributed by atoms with E-state index in [1.807, 2.05) is 0 Å². The second kappa shape index (κ2) is 6.45. The Balaban J connectivity index is 1.71. The Morgan fingerprint density at radius 1 is 1.25 bits per heavy atom. The van der Waals surface area contributed by atoms with Crippen molar-refractivity contribution in [1.82, 2.24) is 0 Å². The largest absolute Gasteiger partial charge is 0.457 e. The number of fused-ring (bicyclic) bond motifs is 1. The molecule has 0 radical (unpaired) electrons. The molecule has 0 bridgehead atoms.